The van der Waals surface area contributed by atoms with Crippen molar-refractivity contribution in [2.24, 2.45) is 11.7 Å². The molecule has 0 saturated heterocycles. The van der Waals surface area contributed by atoms with Crippen LogP contribution in [0.4, 0.5) is 11.4 Å². The van der Waals surface area contributed by atoms with E-state index in [1.165, 1.54) is 13.8 Å². The number of allylic oxidation sites excluding steroid dienone is 2. The maximum absolute atomic E-state index is 11.6. The molecular weight excluding hydrogens is 584 g/mol. The average Bonchev–Trinajstić information content (AvgIpc) is 2.77. The number of amides is 2. The van der Waals surface area contributed by atoms with Crippen LogP contribution in [0.3, 0.4) is 0 Å². The van der Waals surface area contributed by atoms with E-state index < -0.39 is 11.8 Å². The van der Waals surface area contributed by atoms with E-state index in [1.807, 2.05) is 12.1 Å². The van der Waals surface area contributed by atoms with Gasteiger partial charge in [0.15, 0.2) is 0 Å². The number of aliphatic hydroxyl groups is 2. The predicted molar refractivity (Wildman–Crippen MR) is 125 cm³/mol. The number of benzene rings is 2. The molecule has 2 rings (SSSR count). The van der Waals surface area contributed by atoms with Crippen LogP contribution in [0.2, 0.25) is 0 Å². The van der Waals surface area contributed by atoms with Crippen molar-refractivity contribution in [1.82, 2.24) is 0 Å². The molecule has 1 radical (unpaired) electrons. The van der Waals surface area contributed by atoms with Crippen molar-refractivity contribution in [2.75, 3.05) is 10.0 Å². The third-order valence-electron chi connectivity index (χ3n) is 3.52. The summed E-state index contributed by atoms with van der Waals surface area (Å²) in [7, 11) is 0. The van der Waals surface area contributed by atoms with Gasteiger partial charge in [-0.1, -0.05) is 36.4 Å². The molecular formula is C20H22Br2CuN4O4. The van der Waals surface area contributed by atoms with Crippen LogP contribution in [0, 0.1) is 0 Å². The fourth-order valence-corrected chi connectivity index (χ4v) is 2.31. The number of carbonyl (C=O) groups is 2. The van der Waals surface area contributed by atoms with E-state index in [0.717, 1.165) is 10.0 Å². The Hall–Kier alpha value is -2.14. The molecule has 11 heteroatoms. The van der Waals surface area contributed by atoms with Gasteiger partial charge >= 0.3 is 0 Å². The zero-order chi connectivity index (χ0) is 22.8. The molecule has 2 aromatic rings. The van der Waals surface area contributed by atoms with E-state index in [-0.39, 0.29) is 37.6 Å². The number of nitrogens with two attached hydrogens (primary N) is 2. The maximum atomic E-state index is 11.6. The van der Waals surface area contributed by atoms with Gasteiger partial charge in [0, 0.05) is 17.1 Å². The summed E-state index contributed by atoms with van der Waals surface area (Å²) in [6, 6.07) is 17.5. The molecule has 0 aliphatic carbocycles. The number of carbonyl (C=O) groups excluding carboxylic acids is 2. The summed E-state index contributed by atoms with van der Waals surface area (Å²) >= 11 is 5.93. The number of hydrogen-bond acceptors (Lipinski definition) is 6. The topological polar surface area (TPSA) is 133 Å². The largest absolute Gasteiger partial charge is 0.511 e. The molecule has 2 aromatic carbocycles. The molecule has 2 amide bonds. The van der Waals surface area contributed by atoms with Gasteiger partial charge in [0.1, 0.15) is 20.5 Å². The summed E-state index contributed by atoms with van der Waals surface area (Å²) in [5.74, 6) is 9.96. The second-order valence-electron chi connectivity index (χ2n) is 5.82. The second-order valence-corrected chi connectivity index (χ2v) is 7.41. The maximum Gasteiger partial charge on any atom is 0.282 e. The zero-order valence-electron chi connectivity index (χ0n) is 16.6. The molecule has 0 aliphatic heterocycles. The summed E-state index contributed by atoms with van der Waals surface area (Å²) in [5.41, 5.74) is 1.11. The molecule has 171 valence electrons. The Labute approximate surface area is 207 Å². The monoisotopic (exact) mass is 603 g/mol. The van der Waals surface area contributed by atoms with Crippen molar-refractivity contribution in [3.05, 3.63) is 81.1 Å². The van der Waals surface area contributed by atoms with Gasteiger partial charge in [-0.05, 0) is 70.0 Å². The summed E-state index contributed by atoms with van der Waals surface area (Å²) < 4.78 is 0.0997. The van der Waals surface area contributed by atoms with Crippen molar-refractivity contribution in [2.45, 2.75) is 13.8 Å². The number of nitrogens with zero attached hydrogens (tertiary/aromatic N) is 2. The zero-order valence-corrected chi connectivity index (χ0v) is 20.7. The van der Waals surface area contributed by atoms with Gasteiger partial charge in [-0.3, -0.25) is 9.59 Å². The molecule has 0 heterocycles. The first kappa shape index (κ1) is 28.9. The van der Waals surface area contributed by atoms with Gasteiger partial charge in [-0.15, -0.1) is 0 Å². The Bertz CT molecular complexity index is 855. The van der Waals surface area contributed by atoms with Crippen LogP contribution < -0.4 is 21.7 Å². The van der Waals surface area contributed by atoms with E-state index in [1.54, 1.807) is 48.5 Å². The number of aliphatic hydroxyl groups excluding tert-OH is 2. The Morgan fingerprint density at radius 2 is 0.968 bits per heavy atom. The van der Waals surface area contributed by atoms with Gasteiger partial charge in [0.25, 0.3) is 11.8 Å². The van der Waals surface area contributed by atoms with E-state index in [2.05, 4.69) is 31.9 Å². The average molecular weight is 606 g/mol. The van der Waals surface area contributed by atoms with Crippen molar-refractivity contribution >= 4 is 55.0 Å². The van der Waals surface area contributed by atoms with Gasteiger partial charge in [0.2, 0.25) is 0 Å². The molecule has 0 aliphatic rings. The van der Waals surface area contributed by atoms with Crippen LogP contribution in [0.1, 0.15) is 13.8 Å². The van der Waals surface area contributed by atoms with E-state index >= 15 is 0 Å². The SMILES string of the molecule is C/C(O)=C(\Br)C(=O)N(N)c1ccccc1.C/C(O)=C(\Br)C(=O)N(N)c1ccccc1.[Cu]. The molecule has 0 spiro atoms. The van der Waals surface area contributed by atoms with Crippen molar-refractivity contribution in [3.63, 3.8) is 0 Å². The van der Waals surface area contributed by atoms with Gasteiger partial charge in [-0.2, -0.15) is 0 Å². The van der Waals surface area contributed by atoms with Gasteiger partial charge in [0.05, 0.1) is 11.4 Å². The van der Waals surface area contributed by atoms with Gasteiger partial charge in [-0.25, -0.2) is 21.7 Å². The Balaban J connectivity index is 0.000000562. The molecule has 0 bridgehead atoms. The quantitative estimate of drug-likeness (QED) is 0.103. The van der Waals surface area contributed by atoms with Crippen LogP contribution >= 0.6 is 31.9 Å². The normalized spacial score (nSPS) is 11.5. The molecule has 0 fully saturated rings. The van der Waals surface area contributed by atoms with E-state index in [4.69, 9.17) is 21.9 Å². The summed E-state index contributed by atoms with van der Waals surface area (Å²) in [6.45, 7) is 2.81. The minimum Gasteiger partial charge on any atom is -0.511 e. The summed E-state index contributed by atoms with van der Waals surface area (Å²) in [5, 5.41) is 20.2. The molecule has 0 atom stereocenters. The number of hydrogen-bond donors (Lipinski definition) is 4. The Morgan fingerprint density at radius 1 is 0.710 bits per heavy atom. The third kappa shape index (κ3) is 8.86. The van der Waals surface area contributed by atoms with Crippen LogP contribution in [0.25, 0.3) is 0 Å². The van der Waals surface area contributed by atoms with Crippen LogP contribution in [-0.4, -0.2) is 22.0 Å². The Morgan fingerprint density at radius 3 is 1.19 bits per heavy atom. The van der Waals surface area contributed by atoms with Gasteiger partial charge < -0.3 is 10.2 Å². The summed E-state index contributed by atoms with van der Waals surface area (Å²) in [4.78, 5) is 23.2. The van der Waals surface area contributed by atoms with E-state index in [9.17, 15) is 9.59 Å². The number of hydrazine groups is 2. The predicted octanol–water partition coefficient (Wildman–Crippen LogP) is 4.15. The van der Waals surface area contributed by atoms with Crippen LogP contribution in [0.5, 0.6) is 0 Å². The fraction of sp³-hybridized carbons (Fsp3) is 0.100. The van der Waals surface area contributed by atoms with Crippen LogP contribution in [0.15, 0.2) is 81.1 Å². The molecule has 31 heavy (non-hydrogen) atoms. The van der Waals surface area contributed by atoms with E-state index in [0.29, 0.717) is 11.4 Å². The Kier molecular flexibility index (Phi) is 13.1. The minimum atomic E-state index is -0.499. The molecule has 0 saturated carbocycles. The smallest absolute Gasteiger partial charge is 0.282 e. The standard InChI is InChI=1S/2C10H11BrN2O2.Cu/c2*1-7(14)9(11)10(15)13(12)8-5-3-2-4-6-8;/h2*2-6,14H,12H2,1H3;/b2*9-7+;. The molecule has 8 nitrogen and oxygen atoms in total. The third-order valence-corrected chi connectivity index (χ3v) is 5.34. The van der Waals surface area contributed by atoms with Crippen LogP contribution in [-0.2, 0) is 26.7 Å². The molecule has 0 aromatic heterocycles. The summed E-state index contributed by atoms with van der Waals surface area (Å²) in [6.07, 6.45) is 0. The molecule has 0 unspecified atom stereocenters. The van der Waals surface area contributed by atoms with Crippen molar-refractivity contribution in [1.29, 1.82) is 0 Å². The fourth-order valence-electron chi connectivity index (χ4n) is 1.93. The van der Waals surface area contributed by atoms with Crippen molar-refractivity contribution in [3.8, 4) is 0 Å². The number of halogens is 2. The molecule has 6 N–H and O–H groups in total. The number of para-hydroxylation sites is 2. The van der Waals surface area contributed by atoms with Crippen molar-refractivity contribution < 1.29 is 36.9 Å². The first-order valence-corrected chi connectivity index (χ1v) is 10.1. The minimum absolute atomic E-state index is 0. The number of anilines is 2. The second kappa shape index (κ2) is 14.0. The first-order valence-electron chi connectivity index (χ1n) is 8.47. The first-order chi connectivity index (χ1) is 14.1. The number of rotatable bonds is 4.